The van der Waals surface area contributed by atoms with Crippen molar-refractivity contribution in [2.75, 3.05) is 12.8 Å². The van der Waals surface area contributed by atoms with E-state index in [-0.39, 0.29) is 11.8 Å². The van der Waals surface area contributed by atoms with Crippen LogP contribution in [0.5, 0.6) is 5.75 Å². The Morgan fingerprint density at radius 3 is 2.45 bits per heavy atom. The van der Waals surface area contributed by atoms with Crippen LogP contribution in [0.3, 0.4) is 0 Å². The first-order chi connectivity index (χ1) is 9.62. The van der Waals surface area contributed by atoms with E-state index in [4.69, 9.17) is 10.5 Å². The summed E-state index contributed by atoms with van der Waals surface area (Å²) in [5, 5.41) is 3.00. The smallest absolute Gasteiger partial charge is 0.223 e. The average molecular weight is 278 g/mol. The summed E-state index contributed by atoms with van der Waals surface area (Å²) < 4.78 is 5.12. The molecule has 112 valence electrons. The minimum absolute atomic E-state index is 0.126. The number of nitrogens with two attached hydrogens (primary N) is 1. The zero-order valence-electron chi connectivity index (χ0n) is 12.7. The second-order valence-electron chi connectivity index (χ2n) is 5.07. The summed E-state index contributed by atoms with van der Waals surface area (Å²) in [6.45, 7) is 4.73. The molecule has 1 aromatic carbocycles. The lowest BCUT2D eigenvalue weighted by Crippen LogP contribution is -2.30. The normalized spacial score (nSPS) is 10.6. The maximum Gasteiger partial charge on any atom is 0.223 e. The minimum Gasteiger partial charge on any atom is -0.495 e. The first-order valence-corrected chi connectivity index (χ1v) is 7.32. The lowest BCUT2D eigenvalue weighted by atomic mass is 9.97. The number of anilines is 1. The van der Waals surface area contributed by atoms with Gasteiger partial charge in [0.05, 0.1) is 12.8 Å². The second-order valence-corrected chi connectivity index (χ2v) is 5.07. The molecule has 4 heteroatoms. The van der Waals surface area contributed by atoms with Crippen LogP contribution in [0.2, 0.25) is 0 Å². The number of benzene rings is 1. The molecule has 0 fully saturated rings. The van der Waals surface area contributed by atoms with Crippen molar-refractivity contribution >= 4 is 11.6 Å². The molecular formula is C16H26N2O2. The van der Waals surface area contributed by atoms with Gasteiger partial charge < -0.3 is 15.8 Å². The number of hydrogen-bond donors (Lipinski definition) is 2. The summed E-state index contributed by atoms with van der Waals surface area (Å²) in [4.78, 5) is 12.1. The van der Waals surface area contributed by atoms with Crippen molar-refractivity contribution in [1.82, 2.24) is 5.32 Å². The molecule has 0 saturated heterocycles. The van der Waals surface area contributed by atoms with Crippen LogP contribution >= 0.6 is 0 Å². The van der Waals surface area contributed by atoms with E-state index < -0.39 is 0 Å². The molecule has 0 unspecified atom stereocenters. The van der Waals surface area contributed by atoms with E-state index >= 15 is 0 Å². The molecule has 0 spiro atoms. The molecular weight excluding hydrogens is 252 g/mol. The van der Waals surface area contributed by atoms with Crippen molar-refractivity contribution in [2.24, 2.45) is 5.92 Å². The van der Waals surface area contributed by atoms with Gasteiger partial charge in [-0.25, -0.2) is 0 Å². The predicted molar refractivity (Wildman–Crippen MR) is 82.6 cm³/mol. The summed E-state index contributed by atoms with van der Waals surface area (Å²) in [6.07, 6.45) is 3.97. The highest BCUT2D eigenvalue weighted by Crippen LogP contribution is 2.22. The standard InChI is InChI=1S/C16H26N2O2/c1-4-6-13(7-5-2)16(19)18-11-12-8-9-15(20-3)14(17)10-12/h8-10,13H,4-7,11,17H2,1-3H3,(H,18,19). The largest absolute Gasteiger partial charge is 0.495 e. The molecule has 1 amide bonds. The monoisotopic (exact) mass is 278 g/mol. The Morgan fingerprint density at radius 1 is 1.30 bits per heavy atom. The van der Waals surface area contributed by atoms with Crippen LogP contribution < -0.4 is 15.8 Å². The highest BCUT2D eigenvalue weighted by atomic mass is 16.5. The number of carbonyl (C=O) groups is 1. The SMILES string of the molecule is CCCC(CCC)C(=O)NCc1ccc(OC)c(N)c1. The first-order valence-electron chi connectivity index (χ1n) is 7.32. The summed E-state index contributed by atoms with van der Waals surface area (Å²) in [6, 6.07) is 5.59. The lowest BCUT2D eigenvalue weighted by molar-refractivity contribution is -0.125. The highest BCUT2D eigenvalue weighted by Gasteiger charge is 2.16. The van der Waals surface area contributed by atoms with Gasteiger partial charge in [0.1, 0.15) is 5.75 Å². The third-order valence-electron chi connectivity index (χ3n) is 3.41. The molecule has 1 rings (SSSR count). The van der Waals surface area contributed by atoms with Crippen molar-refractivity contribution in [1.29, 1.82) is 0 Å². The highest BCUT2D eigenvalue weighted by molar-refractivity contribution is 5.78. The second kappa shape index (κ2) is 8.46. The third kappa shape index (κ3) is 4.76. The predicted octanol–water partition coefficient (Wildman–Crippen LogP) is 3.11. The van der Waals surface area contributed by atoms with Crippen molar-refractivity contribution in [3.63, 3.8) is 0 Å². The number of amides is 1. The van der Waals surface area contributed by atoms with E-state index in [2.05, 4.69) is 19.2 Å². The van der Waals surface area contributed by atoms with E-state index in [9.17, 15) is 4.79 Å². The third-order valence-corrected chi connectivity index (χ3v) is 3.41. The molecule has 0 aliphatic rings. The number of methoxy groups -OCH3 is 1. The molecule has 0 heterocycles. The quantitative estimate of drug-likeness (QED) is 0.718. The number of ether oxygens (including phenoxy) is 1. The Hall–Kier alpha value is -1.71. The zero-order valence-corrected chi connectivity index (χ0v) is 12.7. The van der Waals surface area contributed by atoms with Crippen molar-refractivity contribution in [3.8, 4) is 5.75 Å². The van der Waals surface area contributed by atoms with Crippen molar-refractivity contribution < 1.29 is 9.53 Å². The Bertz CT molecular complexity index is 426. The molecule has 1 aromatic rings. The molecule has 0 aliphatic heterocycles. The summed E-state index contributed by atoms with van der Waals surface area (Å²) in [7, 11) is 1.59. The Labute approximate surface area is 121 Å². The van der Waals surface area contributed by atoms with Crippen LogP contribution in [0.15, 0.2) is 18.2 Å². The van der Waals surface area contributed by atoms with Crippen LogP contribution in [-0.2, 0) is 11.3 Å². The van der Waals surface area contributed by atoms with Gasteiger partial charge in [-0.3, -0.25) is 4.79 Å². The van der Waals surface area contributed by atoms with E-state index in [1.54, 1.807) is 7.11 Å². The number of nitrogen functional groups attached to an aromatic ring is 1. The Kier molecular flexibility index (Phi) is 6.91. The summed E-state index contributed by atoms with van der Waals surface area (Å²) in [5.41, 5.74) is 7.44. The number of hydrogen-bond acceptors (Lipinski definition) is 3. The molecule has 0 aliphatic carbocycles. The fourth-order valence-corrected chi connectivity index (χ4v) is 2.33. The van der Waals surface area contributed by atoms with E-state index in [0.717, 1.165) is 31.2 Å². The molecule has 0 bridgehead atoms. The summed E-state index contributed by atoms with van der Waals surface area (Å²) in [5.74, 6) is 0.929. The number of rotatable bonds is 8. The summed E-state index contributed by atoms with van der Waals surface area (Å²) >= 11 is 0. The molecule has 0 atom stereocenters. The van der Waals surface area contributed by atoms with Gasteiger partial charge in [-0.2, -0.15) is 0 Å². The van der Waals surface area contributed by atoms with Crippen molar-refractivity contribution in [3.05, 3.63) is 23.8 Å². The maximum absolute atomic E-state index is 12.1. The maximum atomic E-state index is 12.1. The molecule has 4 nitrogen and oxygen atoms in total. The Morgan fingerprint density at radius 2 is 1.95 bits per heavy atom. The van der Waals surface area contributed by atoms with Gasteiger partial charge in [0.25, 0.3) is 0 Å². The van der Waals surface area contributed by atoms with E-state index in [0.29, 0.717) is 18.0 Å². The van der Waals surface area contributed by atoms with Gasteiger partial charge >= 0.3 is 0 Å². The first kappa shape index (κ1) is 16.3. The number of carbonyl (C=O) groups excluding carboxylic acids is 1. The van der Waals surface area contributed by atoms with E-state index in [1.807, 2.05) is 18.2 Å². The Balaban J connectivity index is 2.57. The van der Waals surface area contributed by atoms with Gasteiger partial charge in [-0.05, 0) is 30.5 Å². The van der Waals surface area contributed by atoms with Gasteiger partial charge in [0.2, 0.25) is 5.91 Å². The van der Waals surface area contributed by atoms with Crippen LogP contribution in [0.1, 0.15) is 45.1 Å². The van der Waals surface area contributed by atoms with Gasteiger partial charge in [-0.15, -0.1) is 0 Å². The lowest BCUT2D eigenvalue weighted by Gasteiger charge is -2.15. The topological polar surface area (TPSA) is 64.3 Å². The fraction of sp³-hybridized carbons (Fsp3) is 0.562. The molecule has 0 radical (unpaired) electrons. The van der Waals surface area contributed by atoms with Crippen LogP contribution in [0.25, 0.3) is 0 Å². The van der Waals surface area contributed by atoms with Crippen LogP contribution in [0, 0.1) is 5.92 Å². The fourth-order valence-electron chi connectivity index (χ4n) is 2.33. The van der Waals surface area contributed by atoms with Gasteiger partial charge in [0.15, 0.2) is 0 Å². The van der Waals surface area contributed by atoms with Gasteiger partial charge in [0, 0.05) is 12.5 Å². The minimum atomic E-state index is 0.126. The molecule has 3 N–H and O–H groups in total. The zero-order chi connectivity index (χ0) is 15.0. The molecule has 20 heavy (non-hydrogen) atoms. The van der Waals surface area contributed by atoms with E-state index in [1.165, 1.54) is 0 Å². The number of nitrogens with one attached hydrogen (secondary N) is 1. The molecule has 0 aromatic heterocycles. The van der Waals surface area contributed by atoms with Crippen LogP contribution in [0.4, 0.5) is 5.69 Å². The average Bonchev–Trinajstić information content (AvgIpc) is 2.44. The molecule has 0 saturated carbocycles. The van der Waals surface area contributed by atoms with Crippen molar-refractivity contribution in [2.45, 2.75) is 46.1 Å². The van der Waals surface area contributed by atoms with Crippen LogP contribution in [-0.4, -0.2) is 13.0 Å². The van der Waals surface area contributed by atoms with Gasteiger partial charge in [-0.1, -0.05) is 32.8 Å².